The predicted octanol–water partition coefficient (Wildman–Crippen LogP) is 2.23. The van der Waals surface area contributed by atoms with Crippen molar-refractivity contribution in [1.29, 1.82) is 0 Å². The van der Waals surface area contributed by atoms with Gasteiger partial charge in [-0.15, -0.1) is 6.42 Å². The minimum atomic E-state index is 0.184. The summed E-state index contributed by atoms with van der Waals surface area (Å²) < 4.78 is 0. The first-order valence-corrected chi connectivity index (χ1v) is 6.97. The van der Waals surface area contributed by atoms with Crippen LogP contribution in [0.3, 0.4) is 0 Å². The zero-order chi connectivity index (χ0) is 13.1. The van der Waals surface area contributed by atoms with E-state index in [9.17, 15) is 0 Å². The largest absolute Gasteiger partial charge is 0.324 e. The lowest BCUT2D eigenvalue weighted by Crippen LogP contribution is -2.34. The molecule has 0 aromatic heterocycles. The molecule has 0 spiro atoms. The molecule has 0 aromatic rings. The molecule has 1 fully saturated rings. The molecule has 0 saturated carbocycles. The normalized spacial score (nSPS) is 33.7. The van der Waals surface area contributed by atoms with Gasteiger partial charge in [0.15, 0.2) is 0 Å². The van der Waals surface area contributed by atoms with Crippen LogP contribution in [0.25, 0.3) is 0 Å². The van der Waals surface area contributed by atoms with Crippen molar-refractivity contribution < 1.29 is 0 Å². The Morgan fingerprint density at radius 1 is 1.39 bits per heavy atom. The molecule has 3 N–H and O–H groups in total. The van der Waals surface area contributed by atoms with Crippen LogP contribution in [0, 0.1) is 24.2 Å². The number of nitrogens with one attached hydrogen (secondary N) is 1. The van der Waals surface area contributed by atoms with Crippen LogP contribution in [0.15, 0.2) is 22.8 Å². The van der Waals surface area contributed by atoms with E-state index in [2.05, 4.69) is 31.2 Å². The van der Waals surface area contributed by atoms with Crippen LogP contribution in [0.4, 0.5) is 0 Å². The highest BCUT2D eigenvalue weighted by molar-refractivity contribution is 5.43. The van der Waals surface area contributed by atoms with Crippen LogP contribution in [-0.4, -0.2) is 19.1 Å². The van der Waals surface area contributed by atoms with Crippen molar-refractivity contribution in [2.45, 2.75) is 39.2 Å². The molecule has 1 saturated heterocycles. The number of terminal acetylenes is 1. The van der Waals surface area contributed by atoms with E-state index in [1.54, 1.807) is 0 Å². The number of nitrogens with two attached hydrogens (primary N) is 1. The summed E-state index contributed by atoms with van der Waals surface area (Å²) >= 11 is 0. The summed E-state index contributed by atoms with van der Waals surface area (Å²) in [5, 5.41) is 3.50. The molecule has 2 rings (SSSR count). The lowest BCUT2D eigenvalue weighted by molar-refractivity contribution is 0.435. The van der Waals surface area contributed by atoms with Gasteiger partial charge in [0.25, 0.3) is 0 Å². The van der Waals surface area contributed by atoms with E-state index in [4.69, 9.17) is 12.2 Å². The van der Waals surface area contributed by atoms with Crippen molar-refractivity contribution in [1.82, 2.24) is 5.32 Å². The Labute approximate surface area is 111 Å². The molecule has 0 aromatic carbocycles. The number of fused-ring (bicyclic) bond motifs is 1. The van der Waals surface area contributed by atoms with Gasteiger partial charge in [-0.05, 0) is 62.3 Å². The summed E-state index contributed by atoms with van der Waals surface area (Å²) in [4.78, 5) is 0. The molecular weight excluding hydrogens is 220 g/mol. The fourth-order valence-electron chi connectivity index (χ4n) is 3.03. The van der Waals surface area contributed by atoms with Crippen LogP contribution >= 0.6 is 0 Å². The van der Waals surface area contributed by atoms with Crippen LogP contribution in [0.5, 0.6) is 0 Å². The molecule has 98 valence electrons. The van der Waals surface area contributed by atoms with E-state index in [-0.39, 0.29) is 6.04 Å². The van der Waals surface area contributed by atoms with Gasteiger partial charge in [-0.1, -0.05) is 18.9 Å². The van der Waals surface area contributed by atoms with Crippen molar-refractivity contribution in [3.63, 3.8) is 0 Å². The average molecular weight is 244 g/mol. The van der Waals surface area contributed by atoms with Crippen molar-refractivity contribution in [2.24, 2.45) is 17.6 Å². The Morgan fingerprint density at radius 3 is 2.83 bits per heavy atom. The Hall–Kier alpha value is -1.04. The number of hydrogen-bond donors (Lipinski definition) is 2. The van der Waals surface area contributed by atoms with Crippen LogP contribution in [0.2, 0.25) is 0 Å². The topological polar surface area (TPSA) is 38.0 Å². The monoisotopic (exact) mass is 244 g/mol. The summed E-state index contributed by atoms with van der Waals surface area (Å²) in [7, 11) is 0. The number of hydrogen-bond acceptors (Lipinski definition) is 2. The van der Waals surface area contributed by atoms with Crippen molar-refractivity contribution in [2.75, 3.05) is 13.1 Å². The lowest BCUT2D eigenvalue weighted by atomic mass is 9.76. The molecular formula is C16H24N2. The summed E-state index contributed by atoms with van der Waals surface area (Å²) in [5.41, 5.74) is 10.3. The average Bonchev–Trinajstić information content (AvgIpc) is 2.43. The fourth-order valence-corrected chi connectivity index (χ4v) is 3.03. The zero-order valence-corrected chi connectivity index (χ0v) is 11.5. The summed E-state index contributed by atoms with van der Waals surface area (Å²) in [5.74, 6) is 3.90. The first-order chi connectivity index (χ1) is 8.63. The van der Waals surface area contributed by atoms with Gasteiger partial charge in [0.05, 0.1) is 0 Å². The first-order valence-electron chi connectivity index (χ1n) is 6.97. The predicted molar refractivity (Wildman–Crippen MR) is 77.0 cm³/mol. The quantitative estimate of drug-likeness (QED) is 0.641. The molecule has 1 aliphatic carbocycles. The van der Waals surface area contributed by atoms with Gasteiger partial charge >= 0.3 is 0 Å². The van der Waals surface area contributed by atoms with Gasteiger partial charge in [0.2, 0.25) is 0 Å². The maximum Gasteiger partial charge on any atom is 0.0286 e. The number of allylic oxidation sites excluding steroid dienone is 3. The summed E-state index contributed by atoms with van der Waals surface area (Å²) in [6, 6.07) is 0.184. The van der Waals surface area contributed by atoms with Crippen LogP contribution < -0.4 is 11.1 Å². The van der Waals surface area contributed by atoms with E-state index < -0.39 is 0 Å². The molecule has 0 amide bonds. The molecule has 2 nitrogen and oxygen atoms in total. The van der Waals surface area contributed by atoms with Crippen LogP contribution in [0.1, 0.15) is 33.1 Å². The Balaban J connectivity index is 2.31. The van der Waals surface area contributed by atoms with Crippen molar-refractivity contribution in [3.05, 3.63) is 22.8 Å². The third-order valence-corrected chi connectivity index (χ3v) is 4.40. The maximum absolute atomic E-state index is 6.45. The van der Waals surface area contributed by atoms with Gasteiger partial charge < -0.3 is 11.1 Å². The van der Waals surface area contributed by atoms with Gasteiger partial charge in [-0.25, -0.2) is 0 Å². The van der Waals surface area contributed by atoms with Crippen molar-refractivity contribution >= 4 is 0 Å². The second-order valence-corrected chi connectivity index (χ2v) is 5.68. The zero-order valence-electron chi connectivity index (χ0n) is 11.5. The molecule has 18 heavy (non-hydrogen) atoms. The Morgan fingerprint density at radius 2 is 2.11 bits per heavy atom. The molecule has 2 unspecified atom stereocenters. The smallest absolute Gasteiger partial charge is 0.0286 e. The molecule has 3 atom stereocenters. The van der Waals surface area contributed by atoms with Gasteiger partial charge in [0, 0.05) is 11.6 Å². The minimum absolute atomic E-state index is 0.184. The van der Waals surface area contributed by atoms with Gasteiger partial charge in [0.1, 0.15) is 0 Å². The molecule has 2 aliphatic rings. The maximum atomic E-state index is 6.45. The van der Waals surface area contributed by atoms with Crippen molar-refractivity contribution in [3.8, 4) is 12.3 Å². The second kappa shape index (κ2) is 5.73. The third kappa shape index (κ3) is 2.68. The van der Waals surface area contributed by atoms with Gasteiger partial charge in [-0.2, -0.15) is 0 Å². The van der Waals surface area contributed by atoms with E-state index in [1.807, 2.05) is 0 Å². The SMILES string of the molecule is C#CC1=C(C)C=C2C(CCNCCC(C)[C@H]2N)C1. The van der Waals surface area contributed by atoms with E-state index in [0.717, 1.165) is 37.9 Å². The molecule has 2 heteroatoms. The Bertz CT molecular complexity index is 411. The standard InChI is InChI=1S/C16H24N2/c1-4-13-10-14-6-8-18-7-5-11(2)16(17)15(14)9-12(13)3/h1,9,11,14,16,18H,5-8,10,17H2,2-3H3/t11?,14?,16-/m1/s1. The highest BCUT2D eigenvalue weighted by Crippen LogP contribution is 2.35. The van der Waals surface area contributed by atoms with Crippen LogP contribution in [-0.2, 0) is 0 Å². The molecule has 1 aliphatic heterocycles. The van der Waals surface area contributed by atoms with Gasteiger partial charge in [-0.3, -0.25) is 0 Å². The fraction of sp³-hybridized carbons (Fsp3) is 0.625. The van der Waals surface area contributed by atoms with E-state index >= 15 is 0 Å². The lowest BCUT2D eigenvalue weighted by Gasteiger charge is -2.31. The van der Waals surface area contributed by atoms with E-state index in [1.165, 1.54) is 11.1 Å². The minimum Gasteiger partial charge on any atom is -0.324 e. The highest BCUT2D eigenvalue weighted by atomic mass is 14.9. The highest BCUT2D eigenvalue weighted by Gasteiger charge is 2.28. The first kappa shape index (κ1) is 13.4. The van der Waals surface area contributed by atoms with E-state index in [0.29, 0.717) is 11.8 Å². The number of rotatable bonds is 0. The second-order valence-electron chi connectivity index (χ2n) is 5.68. The molecule has 0 radical (unpaired) electrons. The molecule has 0 bridgehead atoms. The summed E-state index contributed by atoms with van der Waals surface area (Å²) in [6.45, 7) is 6.51. The summed E-state index contributed by atoms with van der Waals surface area (Å²) in [6.07, 6.45) is 11.1. The third-order valence-electron chi connectivity index (χ3n) is 4.40. The Kier molecular flexibility index (Phi) is 4.27. The molecule has 1 heterocycles.